The maximum absolute atomic E-state index is 8.84. The molecule has 2 aromatic rings. The van der Waals surface area contributed by atoms with E-state index in [2.05, 4.69) is 15.1 Å². The Hall–Kier alpha value is -2.16. The van der Waals surface area contributed by atoms with Crippen LogP contribution in [0.3, 0.4) is 0 Å². The van der Waals surface area contributed by atoms with E-state index in [0.29, 0.717) is 12.4 Å². The summed E-state index contributed by atoms with van der Waals surface area (Å²) in [4.78, 5) is 8.12. The highest BCUT2D eigenvalue weighted by Gasteiger charge is 2.10. The van der Waals surface area contributed by atoms with Gasteiger partial charge < -0.3 is 4.57 Å². The smallest absolute Gasteiger partial charge is 0.213 e. The van der Waals surface area contributed by atoms with Crippen molar-refractivity contribution < 1.29 is 0 Å². The second-order valence-corrected chi connectivity index (χ2v) is 3.71. The van der Waals surface area contributed by atoms with Crippen molar-refractivity contribution in [2.45, 2.75) is 26.4 Å². The van der Waals surface area contributed by atoms with Crippen LogP contribution in [-0.2, 0) is 6.54 Å². The average Bonchev–Trinajstić information content (AvgIpc) is 2.86. The largest absolute Gasteiger partial charge is 0.315 e. The minimum atomic E-state index is 0.256. The molecule has 16 heavy (non-hydrogen) atoms. The molecule has 0 bridgehead atoms. The fourth-order valence-electron chi connectivity index (χ4n) is 1.52. The van der Waals surface area contributed by atoms with Crippen LogP contribution in [0, 0.1) is 11.3 Å². The van der Waals surface area contributed by atoms with Gasteiger partial charge in [-0.3, -0.25) is 0 Å². The monoisotopic (exact) mass is 216 g/mol. The van der Waals surface area contributed by atoms with E-state index in [0.717, 1.165) is 5.82 Å². The molecule has 0 saturated heterocycles. The first-order valence-electron chi connectivity index (χ1n) is 5.02. The van der Waals surface area contributed by atoms with E-state index < -0.39 is 0 Å². The molecule has 0 spiro atoms. The Balaban J connectivity index is 2.28. The summed E-state index contributed by atoms with van der Waals surface area (Å²) in [5.74, 6) is 1.21. The fourth-order valence-corrected chi connectivity index (χ4v) is 1.52. The van der Waals surface area contributed by atoms with Crippen LogP contribution in [0.25, 0.3) is 0 Å². The highest BCUT2D eigenvalue weighted by atomic mass is 15.4. The lowest BCUT2D eigenvalue weighted by molar-refractivity contribution is 0.495. The van der Waals surface area contributed by atoms with Crippen LogP contribution in [-0.4, -0.2) is 24.3 Å². The molecule has 0 saturated carbocycles. The summed E-state index contributed by atoms with van der Waals surface area (Å²) in [5, 5.41) is 13.0. The van der Waals surface area contributed by atoms with Gasteiger partial charge in [-0.25, -0.2) is 14.6 Å². The van der Waals surface area contributed by atoms with Crippen molar-refractivity contribution >= 4 is 0 Å². The van der Waals surface area contributed by atoms with Gasteiger partial charge in [0.15, 0.2) is 0 Å². The first kappa shape index (κ1) is 10.4. The number of imidazole rings is 1. The summed E-state index contributed by atoms with van der Waals surface area (Å²) in [7, 11) is 0. The van der Waals surface area contributed by atoms with E-state index >= 15 is 0 Å². The van der Waals surface area contributed by atoms with E-state index in [9.17, 15) is 0 Å². The summed E-state index contributed by atoms with van der Waals surface area (Å²) in [6.07, 6.45) is 4.89. The van der Waals surface area contributed by atoms with Crippen molar-refractivity contribution in [2.75, 3.05) is 0 Å². The molecule has 0 N–H and O–H groups in total. The Labute approximate surface area is 93.2 Å². The topological polar surface area (TPSA) is 72.3 Å². The molecule has 2 heterocycles. The van der Waals surface area contributed by atoms with Gasteiger partial charge in [0.05, 0.1) is 6.54 Å². The summed E-state index contributed by atoms with van der Waals surface area (Å²) in [6, 6.07) is 2.29. The number of nitriles is 1. The molecule has 6 nitrogen and oxygen atoms in total. The molecule has 0 radical (unpaired) electrons. The van der Waals surface area contributed by atoms with Crippen LogP contribution in [0.2, 0.25) is 0 Å². The van der Waals surface area contributed by atoms with Crippen LogP contribution in [0.5, 0.6) is 0 Å². The van der Waals surface area contributed by atoms with Crippen molar-refractivity contribution in [3.63, 3.8) is 0 Å². The van der Waals surface area contributed by atoms with Crippen LogP contribution in [0.1, 0.15) is 31.5 Å². The van der Waals surface area contributed by atoms with E-state index in [1.807, 2.05) is 24.6 Å². The maximum Gasteiger partial charge on any atom is 0.213 e. The molecule has 2 rings (SSSR count). The first-order chi connectivity index (χ1) is 7.72. The Morgan fingerprint density at radius 3 is 2.94 bits per heavy atom. The summed E-state index contributed by atoms with van der Waals surface area (Å²) >= 11 is 0. The second-order valence-electron chi connectivity index (χ2n) is 3.71. The van der Waals surface area contributed by atoms with Crippen LogP contribution in [0.4, 0.5) is 0 Å². The van der Waals surface area contributed by atoms with Crippen LogP contribution in [0.15, 0.2) is 18.7 Å². The molecule has 0 atom stereocenters. The van der Waals surface area contributed by atoms with Crippen molar-refractivity contribution in [3.8, 4) is 6.07 Å². The van der Waals surface area contributed by atoms with Crippen LogP contribution >= 0.6 is 0 Å². The summed E-state index contributed by atoms with van der Waals surface area (Å²) in [5.41, 5.74) is 0. The quantitative estimate of drug-likeness (QED) is 0.766. The molecule has 0 unspecified atom stereocenters. The first-order valence-corrected chi connectivity index (χ1v) is 5.02. The van der Waals surface area contributed by atoms with Gasteiger partial charge in [-0.05, 0) is 13.8 Å². The Kier molecular flexibility index (Phi) is 2.68. The van der Waals surface area contributed by atoms with Gasteiger partial charge in [-0.2, -0.15) is 10.4 Å². The standard InChI is InChI=1S/C10H12N6/c1-8(2)16-10(13-7-14-16)6-15-4-3-12-9(15)5-11/h3-4,7-8H,6H2,1-2H3. The molecule has 82 valence electrons. The molecule has 0 aromatic carbocycles. The molecular weight excluding hydrogens is 204 g/mol. The lowest BCUT2D eigenvalue weighted by Gasteiger charge is -2.09. The van der Waals surface area contributed by atoms with Gasteiger partial charge in [0.25, 0.3) is 0 Å². The van der Waals surface area contributed by atoms with Gasteiger partial charge in [0, 0.05) is 18.4 Å². The SMILES string of the molecule is CC(C)n1ncnc1Cn1ccnc1C#N. The van der Waals surface area contributed by atoms with Gasteiger partial charge >= 0.3 is 0 Å². The molecule has 0 fully saturated rings. The highest BCUT2D eigenvalue weighted by molar-refractivity contribution is 5.12. The zero-order chi connectivity index (χ0) is 11.5. The third kappa shape index (κ3) is 1.80. The Morgan fingerprint density at radius 2 is 2.25 bits per heavy atom. The second kappa shape index (κ2) is 4.14. The van der Waals surface area contributed by atoms with Gasteiger partial charge in [-0.15, -0.1) is 0 Å². The van der Waals surface area contributed by atoms with Crippen molar-refractivity contribution in [2.24, 2.45) is 0 Å². The molecule has 2 aromatic heterocycles. The lowest BCUT2D eigenvalue weighted by atomic mass is 10.4. The maximum atomic E-state index is 8.84. The number of hydrogen-bond donors (Lipinski definition) is 0. The minimum Gasteiger partial charge on any atom is -0.315 e. The Morgan fingerprint density at radius 1 is 1.44 bits per heavy atom. The van der Waals surface area contributed by atoms with E-state index in [-0.39, 0.29) is 6.04 Å². The fraction of sp³-hybridized carbons (Fsp3) is 0.400. The molecule has 0 aliphatic rings. The predicted octanol–water partition coefficient (Wildman–Crippen LogP) is 0.975. The normalized spacial score (nSPS) is 10.6. The lowest BCUT2D eigenvalue weighted by Crippen LogP contribution is -2.12. The van der Waals surface area contributed by atoms with Crippen molar-refractivity contribution in [1.82, 2.24) is 24.3 Å². The van der Waals surface area contributed by atoms with E-state index in [1.54, 1.807) is 17.0 Å². The van der Waals surface area contributed by atoms with Crippen molar-refractivity contribution in [1.29, 1.82) is 5.26 Å². The molecular formula is C10H12N6. The minimum absolute atomic E-state index is 0.256. The Bertz CT molecular complexity index is 515. The third-order valence-corrected chi connectivity index (χ3v) is 2.26. The zero-order valence-electron chi connectivity index (χ0n) is 9.20. The average molecular weight is 216 g/mol. The van der Waals surface area contributed by atoms with Gasteiger partial charge in [-0.1, -0.05) is 0 Å². The molecule has 0 aliphatic carbocycles. The number of nitrogens with zero attached hydrogens (tertiary/aromatic N) is 6. The number of rotatable bonds is 3. The number of hydrogen-bond acceptors (Lipinski definition) is 4. The van der Waals surface area contributed by atoms with E-state index in [1.165, 1.54) is 6.33 Å². The number of aromatic nitrogens is 5. The van der Waals surface area contributed by atoms with Gasteiger partial charge in [0.2, 0.25) is 5.82 Å². The summed E-state index contributed by atoms with van der Waals surface area (Å²) < 4.78 is 3.59. The van der Waals surface area contributed by atoms with Crippen LogP contribution < -0.4 is 0 Å². The molecule has 0 aliphatic heterocycles. The molecule has 0 amide bonds. The van der Waals surface area contributed by atoms with E-state index in [4.69, 9.17) is 5.26 Å². The molecule has 6 heteroatoms. The summed E-state index contributed by atoms with van der Waals surface area (Å²) in [6.45, 7) is 4.59. The highest BCUT2D eigenvalue weighted by Crippen LogP contribution is 2.07. The van der Waals surface area contributed by atoms with Gasteiger partial charge in [0.1, 0.15) is 18.2 Å². The zero-order valence-corrected chi connectivity index (χ0v) is 9.20. The predicted molar refractivity (Wildman–Crippen MR) is 56.5 cm³/mol. The van der Waals surface area contributed by atoms with Crippen molar-refractivity contribution in [3.05, 3.63) is 30.4 Å². The third-order valence-electron chi connectivity index (χ3n) is 2.26.